The lowest BCUT2D eigenvalue weighted by atomic mass is 9.87. The number of hydrogen-bond donors (Lipinski definition) is 2. The van der Waals surface area contributed by atoms with Gasteiger partial charge in [-0.15, -0.1) is 0 Å². The number of hydrogen-bond acceptors (Lipinski definition) is 4. The van der Waals surface area contributed by atoms with Gasteiger partial charge in [0.15, 0.2) is 0 Å². The van der Waals surface area contributed by atoms with E-state index in [4.69, 9.17) is 9.90 Å². The maximum Gasteiger partial charge on any atom is 0.490 e. The molecule has 1 heterocycles. The molecule has 1 amide bonds. The van der Waals surface area contributed by atoms with Gasteiger partial charge in [-0.1, -0.05) is 57.2 Å². The Hall–Kier alpha value is -3.76. The molecule has 3 aromatic rings. The van der Waals surface area contributed by atoms with E-state index in [1.54, 1.807) is 12.1 Å². The van der Waals surface area contributed by atoms with Crippen LogP contribution in [0.3, 0.4) is 0 Å². The number of carboxylic acids is 1. The third-order valence-electron chi connectivity index (χ3n) is 6.85. The molecule has 0 saturated carbocycles. The summed E-state index contributed by atoms with van der Waals surface area (Å²) in [5, 5.41) is 10.1. The molecule has 1 aliphatic heterocycles. The van der Waals surface area contributed by atoms with Crippen LogP contribution >= 0.6 is 0 Å². The average molecular weight is 588 g/mol. The Kier molecular flexibility index (Phi) is 11.2. The van der Waals surface area contributed by atoms with E-state index >= 15 is 0 Å². The fourth-order valence-electron chi connectivity index (χ4n) is 4.51. The van der Waals surface area contributed by atoms with Crippen LogP contribution in [0.15, 0.2) is 72.8 Å². The SMILES string of the molecule is CC(C)(C)c1ccc(NC(=O)c2ccc(CN3CCCN(Cc4cccc(F)c4)CC3)cc2)cc1.O=C(O)C(F)(F)F. The second-order valence-corrected chi connectivity index (χ2v) is 11.3. The summed E-state index contributed by atoms with van der Waals surface area (Å²) >= 11 is 0. The molecule has 42 heavy (non-hydrogen) atoms. The summed E-state index contributed by atoms with van der Waals surface area (Å²) in [6.07, 6.45) is -4.00. The first-order valence-electron chi connectivity index (χ1n) is 13.7. The minimum Gasteiger partial charge on any atom is -0.475 e. The third kappa shape index (κ3) is 10.6. The Labute approximate surface area is 244 Å². The summed E-state index contributed by atoms with van der Waals surface area (Å²) in [5.41, 5.74) is 5.02. The van der Waals surface area contributed by atoms with Crippen LogP contribution in [0, 0.1) is 5.82 Å². The molecule has 0 atom stereocenters. The summed E-state index contributed by atoms with van der Waals surface area (Å²) < 4.78 is 45.2. The van der Waals surface area contributed by atoms with Crippen molar-refractivity contribution in [2.75, 3.05) is 31.5 Å². The Morgan fingerprint density at radius 2 is 1.36 bits per heavy atom. The van der Waals surface area contributed by atoms with Gasteiger partial charge in [0.2, 0.25) is 0 Å². The summed E-state index contributed by atoms with van der Waals surface area (Å²) in [7, 11) is 0. The van der Waals surface area contributed by atoms with E-state index in [0.717, 1.165) is 56.9 Å². The van der Waals surface area contributed by atoms with Crippen molar-refractivity contribution in [2.45, 2.75) is 51.9 Å². The highest BCUT2D eigenvalue weighted by atomic mass is 19.4. The topological polar surface area (TPSA) is 72.9 Å². The fraction of sp³-hybridized carbons (Fsp3) is 0.375. The highest BCUT2D eigenvalue weighted by molar-refractivity contribution is 6.04. The van der Waals surface area contributed by atoms with Crippen LogP contribution in [0.5, 0.6) is 0 Å². The van der Waals surface area contributed by atoms with Crippen molar-refractivity contribution >= 4 is 17.6 Å². The zero-order valence-corrected chi connectivity index (χ0v) is 24.0. The minimum atomic E-state index is -5.08. The van der Waals surface area contributed by atoms with Gasteiger partial charge < -0.3 is 10.4 Å². The molecule has 2 N–H and O–H groups in total. The van der Waals surface area contributed by atoms with Crippen LogP contribution in [0.2, 0.25) is 0 Å². The molecule has 10 heteroatoms. The van der Waals surface area contributed by atoms with Crippen molar-refractivity contribution in [2.24, 2.45) is 0 Å². The fourth-order valence-corrected chi connectivity index (χ4v) is 4.51. The predicted octanol–water partition coefficient (Wildman–Crippen LogP) is 6.72. The molecule has 226 valence electrons. The zero-order valence-electron chi connectivity index (χ0n) is 24.0. The van der Waals surface area contributed by atoms with Crippen molar-refractivity contribution in [3.63, 3.8) is 0 Å². The van der Waals surface area contributed by atoms with Crippen molar-refractivity contribution < 1.29 is 32.3 Å². The first-order valence-corrected chi connectivity index (χ1v) is 13.7. The van der Waals surface area contributed by atoms with Gasteiger partial charge in [-0.2, -0.15) is 13.2 Å². The molecule has 1 aliphatic rings. The molecule has 4 rings (SSSR count). The van der Waals surface area contributed by atoms with E-state index in [0.29, 0.717) is 5.56 Å². The number of alkyl halides is 3. The van der Waals surface area contributed by atoms with Crippen molar-refractivity contribution in [1.82, 2.24) is 9.80 Å². The van der Waals surface area contributed by atoms with E-state index in [2.05, 4.69) is 48.0 Å². The number of nitrogens with one attached hydrogen (secondary N) is 1. The molecule has 0 bridgehead atoms. The van der Waals surface area contributed by atoms with Crippen LogP contribution in [-0.2, 0) is 23.3 Å². The second kappa shape index (κ2) is 14.4. The molecular formula is C32H37F4N3O3. The molecule has 1 fully saturated rings. The molecule has 6 nitrogen and oxygen atoms in total. The molecule has 1 saturated heterocycles. The van der Waals surface area contributed by atoms with Gasteiger partial charge in [0.1, 0.15) is 5.82 Å². The molecule has 0 aliphatic carbocycles. The van der Waals surface area contributed by atoms with Gasteiger partial charge >= 0.3 is 12.1 Å². The van der Waals surface area contributed by atoms with Gasteiger partial charge in [0, 0.05) is 37.4 Å². The first kappa shape index (κ1) is 32.8. The van der Waals surface area contributed by atoms with Gasteiger partial charge in [-0.05, 0) is 78.0 Å². The maximum atomic E-state index is 13.5. The Bertz CT molecular complexity index is 1320. The van der Waals surface area contributed by atoms with Gasteiger partial charge in [-0.25, -0.2) is 9.18 Å². The number of aliphatic carboxylic acids is 1. The highest BCUT2D eigenvalue weighted by Gasteiger charge is 2.38. The molecule has 3 aromatic carbocycles. The number of halogens is 4. The van der Waals surface area contributed by atoms with Crippen LogP contribution in [0.4, 0.5) is 23.2 Å². The van der Waals surface area contributed by atoms with Gasteiger partial charge in [0.25, 0.3) is 5.91 Å². The quantitative estimate of drug-likeness (QED) is 0.314. The number of anilines is 1. The predicted molar refractivity (Wildman–Crippen MR) is 155 cm³/mol. The largest absolute Gasteiger partial charge is 0.490 e. The van der Waals surface area contributed by atoms with Crippen LogP contribution < -0.4 is 5.32 Å². The Morgan fingerprint density at radius 1 is 0.810 bits per heavy atom. The van der Waals surface area contributed by atoms with Gasteiger partial charge in [0.05, 0.1) is 0 Å². The molecule has 0 spiro atoms. The van der Waals surface area contributed by atoms with Crippen LogP contribution in [-0.4, -0.2) is 59.1 Å². The number of nitrogens with zero attached hydrogens (tertiary/aromatic N) is 2. The lowest BCUT2D eigenvalue weighted by Crippen LogP contribution is -2.30. The molecule has 0 aromatic heterocycles. The van der Waals surface area contributed by atoms with Crippen LogP contribution in [0.1, 0.15) is 54.2 Å². The normalized spacial score (nSPS) is 14.8. The third-order valence-corrected chi connectivity index (χ3v) is 6.85. The lowest BCUT2D eigenvalue weighted by molar-refractivity contribution is -0.192. The zero-order chi connectivity index (χ0) is 30.9. The number of amides is 1. The number of rotatable bonds is 6. The van der Waals surface area contributed by atoms with Crippen LogP contribution in [0.25, 0.3) is 0 Å². The smallest absolute Gasteiger partial charge is 0.475 e. The monoisotopic (exact) mass is 587 g/mol. The Morgan fingerprint density at radius 3 is 1.86 bits per heavy atom. The molecule has 0 radical (unpaired) electrons. The standard InChI is InChI=1S/C30H36FN3O.C2HF3O2/c1-30(2,3)26-12-14-28(15-13-26)32-29(35)25-10-8-23(9-11-25)21-33-16-5-17-34(19-18-33)22-24-6-4-7-27(31)20-24;3-2(4,5)1(6)7/h4,6-15,20H,5,16-19,21-22H2,1-3H3,(H,32,35);(H,6,7). The molecule has 0 unspecified atom stereocenters. The maximum absolute atomic E-state index is 13.5. The first-order chi connectivity index (χ1) is 19.7. The summed E-state index contributed by atoms with van der Waals surface area (Å²) in [5.74, 6) is -3.02. The molecular weight excluding hydrogens is 550 g/mol. The van der Waals surface area contributed by atoms with Crippen molar-refractivity contribution in [3.8, 4) is 0 Å². The van der Waals surface area contributed by atoms with Gasteiger partial charge in [-0.3, -0.25) is 14.6 Å². The lowest BCUT2D eigenvalue weighted by Gasteiger charge is -2.22. The van der Waals surface area contributed by atoms with E-state index in [9.17, 15) is 22.4 Å². The van der Waals surface area contributed by atoms with E-state index < -0.39 is 12.1 Å². The minimum absolute atomic E-state index is 0.0886. The Balaban J connectivity index is 0.000000616. The second-order valence-electron chi connectivity index (χ2n) is 11.3. The summed E-state index contributed by atoms with van der Waals surface area (Å²) in [6, 6.07) is 22.9. The number of carbonyl (C=O) groups is 2. The number of benzene rings is 3. The van der Waals surface area contributed by atoms with E-state index in [-0.39, 0.29) is 17.1 Å². The van der Waals surface area contributed by atoms with Crippen molar-refractivity contribution in [1.29, 1.82) is 0 Å². The van der Waals surface area contributed by atoms with Crippen molar-refractivity contribution in [3.05, 3.63) is 101 Å². The number of carbonyl (C=O) groups excluding carboxylic acids is 1. The number of carboxylic acid groups (broad SMARTS) is 1. The van der Waals surface area contributed by atoms with E-state index in [1.165, 1.54) is 17.2 Å². The summed E-state index contributed by atoms with van der Waals surface area (Å²) in [6.45, 7) is 12.2. The summed E-state index contributed by atoms with van der Waals surface area (Å²) in [4.78, 5) is 26.4. The van der Waals surface area contributed by atoms with E-state index in [1.807, 2.05) is 42.5 Å². The average Bonchev–Trinajstić information content (AvgIpc) is 3.13. The highest BCUT2D eigenvalue weighted by Crippen LogP contribution is 2.24.